The number of hydrogen-bond donors (Lipinski definition) is 0. The maximum absolute atomic E-state index is 12.5. The minimum Gasteiger partial charge on any atom is -0.497 e. The Balaban J connectivity index is 1.32. The highest BCUT2D eigenvalue weighted by molar-refractivity contribution is 7.98. The highest BCUT2D eigenvalue weighted by Crippen LogP contribution is 2.34. The molecule has 6 nitrogen and oxygen atoms in total. The van der Waals surface area contributed by atoms with Crippen molar-refractivity contribution in [2.45, 2.75) is 4.90 Å². The number of thiazole rings is 1. The third kappa shape index (κ3) is 4.43. The fourth-order valence-electron chi connectivity index (χ4n) is 3.27. The number of para-hydroxylation sites is 1. The summed E-state index contributed by atoms with van der Waals surface area (Å²) in [5.74, 6) is 1.44. The van der Waals surface area contributed by atoms with Gasteiger partial charge in [0.05, 0.1) is 17.3 Å². The van der Waals surface area contributed by atoms with Crippen molar-refractivity contribution < 1.29 is 14.3 Å². The van der Waals surface area contributed by atoms with Gasteiger partial charge in [-0.3, -0.25) is 4.79 Å². The van der Waals surface area contributed by atoms with Crippen LogP contribution in [0.2, 0.25) is 0 Å². The maximum atomic E-state index is 12.5. The molecule has 1 saturated heterocycles. The summed E-state index contributed by atoms with van der Waals surface area (Å²) in [4.78, 5) is 22.7. The molecule has 1 amide bonds. The van der Waals surface area contributed by atoms with Gasteiger partial charge in [0.1, 0.15) is 11.5 Å². The largest absolute Gasteiger partial charge is 0.497 e. The fraction of sp³-hybridized carbons (Fsp3) is 0.333. The monoisotopic (exact) mass is 429 g/mol. The lowest BCUT2D eigenvalue weighted by Gasteiger charge is -2.34. The van der Waals surface area contributed by atoms with Gasteiger partial charge in [-0.05, 0) is 42.7 Å². The second kappa shape index (κ2) is 8.92. The second-order valence-electron chi connectivity index (χ2n) is 6.64. The molecule has 2 aromatic carbocycles. The standard InChI is InChI=1S/C21H23N3O3S2/c1-26-15-6-8-16(9-7-15)27-14-19(25)23-10-12-24(13-11-23)21-22-20-17(28-2)4-3-5-18(20)29-21/h3-9H,10-14H2,1-2H3. The van der Waals surface area contributed by atoms with Crippen molar-refractivity contribution in [2.75, 3.05) is 51.1 Å². The quantitative estimate of drug-likeness (QED) is 0.556. The van der Waals surface area contributed by atoms with E-state index in [2.05, 4.69) is 29.4 Å². The molecule has 1 aliphatic rings. The van der Waals surface area contributed by atoms with E-state index in [0.29, 0.717) is 18.8 Å². The number of hydrogen-bond acceptors (Lipinski definition) is 7. The summed E-state index contributed by atoms with van der Waals surface area (Å²) in [6.45, 7) is 2.96. The third-order valence-electron chi connectivity index (χ3n) is 4.92. The molecule has 29 heavy (non-hydrogen) atoms. The lowest BCUT2D eigenvalue weighted by atomic mass is 10.3. The smallest absolute Gasteiger partial charge is 0.260 e. The number of carbonyl (C=O) groups excluding carboxylic acids is 1. The van der Waals surface area contributed by atoms with Gasteiger partial charge in [0.15, 0.2) is 11.7 Å². The average Bonchev–Trinajstić information content (AvgIpc) is 3.22. The van der Waals surface area contributed by atoms with E-state index in [1.807, 2.05) is 17.0 Å². The molecule has 3 aromatic rings. The number of nitrogens with zero attached hydrogens (tertiary/aromatic N) is 3. The summed E-state index contributed by atoms with van der Waals surface area (Å²) in [5.41, 5.74) is 1.08. The highest BCUT2D eigenvalue weighted by Gasteiger charge is 2.23. The Bertz CT molecular complexity index is 983. The van der Waals surface area contributed by atoms with Crippen LogP contribution in [-0.4, -0.2) is 61.9 Å². The molecule has 0 bridgehead atoms. The molecule has 0 saturated carbocycles. The van der Waals surface area contributed by atoms with E-state index in [1.165, 1.54) is 9.60 Å². The van der Waals surface area contributed by atoms with Crippen LogP contribution in [0.3, 0.4) is 0 Å². The van der Waals surface area contributed by atoms with Gasteiger partial charge in [-0.15, -0.1) is 11.8 Å². The molecule has 1 fully saturated rings. The number of piperazine rings is 1. The predicted molar refractivity (Wildman–Crippen MR) is 119 cm³/mol. The van der Waals surface area contributed by atoms with Crippen LogP contribution >= 0.6 is 23.1 Å². The van der Waals surface area contributed by atoms with E-state index >= 15 is 0 Å². The van der Waals surface area contributed by atoms with E-state index in [-0.39, 0.29) is 12.5 Å². The number of fused-ring (bicyclic) bond motifs is 1. The molecule has 4 rings (SSSR count). The zero-order valence-corrected chi connectivity index (χ0v) is 18.1. The van der Waals surface area contributed by atoms with Gasteiger partial charge in [0, 0.05) is 31.1 Å². The first-order valence-electron chi connectivity index (χ1n) is 9.41. The molecule has 0 aliphatic carbocycles. The van der Waals surface area contributed by atoms with Crippen LogP contribution in [0.1, 0.15) is 0 Å². The molecule has 0 radical (unpaired) electrons. The lowest BCUT2D eigenvalue weighted by molar-refractivity contribution is -0.133. The summed E-state index contributed by atoms with van der Waals surface area (Å²) < 4.78 is 12.0. The summed E-state index contributed by atoms with van der Waals surface area (Å²) in [6, 6.07) is 13.6. The Kier molecular flexibility index (Phi) is 6.10. The Hall–Kier alpha value is -2.45. The summed E-state index contributed by atoms with van der Waals surface area (Å²) in [7, 11) is 1.62. The molecule has 0 unspecified atom stereocenters. The topological polar surface area (TPSA) is 54.9 Å². The van der Waals surface area contributed by atoms with Gasteiger partial charge in [-0.1, -0.05) is 17.4 Å². The summed E-state index contributed by atoms with van der Waals surface area (Å²) in [6.07, 6.45) is 2.08. The van der Waals surface area contributed by atoms with Crippen molar-refractivity contribution >= 4 is 44.4 Å². The molecule has 8 heteroatoms. The Morgan fingerprint density at radius 2 is 1.83 bits per heavy atom. The molecule has 1 aromatic heterocycles. The third-order valence-corrected chi connectivity index (χ3v) is 6.77. The van der Waals surface area contributed by atoms with Crippen LogP contribution in [-0.2, 0) is 4.79 Å². The zero-order valence-electron chi connectivity index (χ0n) is 16.5. The summed E-state index contributed by atoms with van der Waals surface area (Å²) in [5, 5.41) is 1.03. The van der Waals surface area contributed by atoms with Crippen LogP contribution in [0, 0.1) is 0 Å². The maximum Gasteiger partial charge on any atom is 0.260 e. The first-order valence-corrected chi connectivity index (χ1v) is 11.4. The molecule has 1 aliphatic heterocycles. The van der Waals surface area contributed by atoms with E-state index in [9.17, 15) is 4.79 Å². The number of methoxy groups -OCH3 is 1. The number of ether oxygens (including phenoxy) is 2. The van der Waals surface area contributed by atoms with Crippen molar-refractivity contribution in [1.29, 1.82) is 0 Å². The van der Waals surface area contributed by atoms with E-state index in [1.54, 1.807) is 42.3 Å². The Labute approximate surface area is 178 Å². The number of rotatable bonds is 6. The van der Waals surface area contributed by atoms with Crippen LogP contribution in [0.4, 0.5) is 5.13 Å². The van der Waals surface area contributed by atoms with Crippen LogP contribution in [0.15, 0.2) is 47.4 Å². The van der Waals surface area contributed by atoms with Crippen molar-refractivity contribution in [1.82, 2.24) is 9.88 Å². The molecular weight excluding hydrogens is 406 g/mol. The Morgan fingerprint density at radius 3 is 2.52 bits per heavy atom. The molecule has 0 atom stereocenters. The van der Waals surface area contributed by atoms with Crippen molar-refractivity contribution in [3.63, 3.8) is 0 Å². The van der Waals surface area contributed by atoms with Crippen molar-refractivity contribution in [3.05, 3.63) is 42.5 Å². The van der Waals surface area contributed by atoms with Crippen molar-refractivity contribution in [2.24, 2.45) is 0 Å². The van der Waals surface area contributed by atoms with Crippen LogP contribution in [0.5, 0.6) is 11.5 Å². The molecule has 0 spiro atoms. The van der Waals surface area contributed by atoms with Crippen LogP contribution < -0.4 is 14.4 Å². The van der Waals surface area contributed by atoms with Gasteiger partial charge in [-0.2, -0.15) is 0 Å². The molecule has 2 heterocycles. The first kappa shape index (κ1) is 19.8. The number of amides is 1. The normalized spacial score (nSPS) is 14.3. The van der Waals surface area contributed by atoms with Gasteiger partial charge in [0.2, 0.25) is 0 Å². The van der Waals surface area contributed by atoms with Gasteiger partial charge < -0.3 is 19.3 Å². The number of thioether (sulfide) groups is 1. The van der Waals surface area contributed by atoms with Gasteiger partial charge in [-0.25, -0.2) is 4.98 Å². The fourth-order valence-corrected chi connectivity index (χ4v) is 4.94. The number of carbonyl (C=O) groups is 1. The SMILES string of the molecule is COc1ccc(OCC(=O)N2CCN(c3nc4c(SC)cccc4s3)CC2)cc1. The first-order chi connectivity index (χ1) is 14.2. The molecule has 0 N–H and O–H groups in total. The second-order valence-corrected chi connectivity index (χ2v) is 8.49. The number of benzene rings is 2. The van der Waals surface area contributed by atoms with Crippen molar-refractivity contribution in [3.8, 4) is 11.5 Å². The lowest BCUT2D eigenvalue weighted by Crippen LogP contribution is -2.50. The van der Waals surface area contributed by atoms with Crippen LogP contribution in [0.25, 0.3) is 10.2 Å². The minimum absolute atomic E-state index is 0.00874. The van der Waals surface area contributed by atoms with E-state index in [4.69, 9.17) is 14.5 Å². The Morgan fingerprint density at radius 1 is 1.10 bits per heavy atom. The average molecular weight is 430 g/mol. The summed E-state index contributed by atoms with van der Waals surface area (Å²) >= 11 is 3.44. The van der Waals surface area contributed by atoms with E-state index in [0.717, 1.165) is 29.5 Å². The highest BCUT2D eigenvalue weighted by atomic mass is 32.2. The van der Waals surface area contributed by atoms with Gasteiger partial charge in [0.25, 0.3) is 5.91 Å². The van der Waals surface area contributed by atoms with Gasteiger partial charge >= 0.3 is 0 Å². The van der Waals surface area contributed by atoms with E-state index < -0.39 is 0 Å². The number of aromatic nitrogens is 1. The molecule has 152 valence electrons. The molecular formula is C21H23N3O3S2. The zero-order chi connectivity index (χ0) is 20.2. The predicted octanol–water partition coefficient (Wildman–Crippen LogP) is 3.75. The number of anilines is 1. The minimum atomic E-state index is 0.00874.